The number of thioether (sulfide) groups is 2. The molecule has 0 fully saturated rings. The number of nitrogens with zero attached hydrogens (tertiary/aromatic N) is 1. The van der Waals surface area contributed by atoms with Gasteiger partial charge in [-0.15, -0.1) is 23.5 Å². The van der Waals surface area contributed by atoms with E-state index in [1.54, 1.807) is 23.5 Å². The normalized spacial score (nSPS) is 11.3. The van der Waals surface area contributed by atoms with E-state index in [1.807, 2.05) is 6.92 Å². The van der Waals surface area contributed by atoms with Crippen LogP contribution in [0.4, 0.5) is 5.69 Å². The fraction of sp³-hybridized carbons (Fsp3) is 0.647. The van der Waals surface area contributed by atoms with E-state index in [0.717, 1.165) is 34.1 Å². The van der Waals surface area contributed by atoms with E-state index in [9.17, 15) is 4.79 Å². The number of hydrogen-bond acceptors (Lipinski definition) is 4. The predicted molar refractivity (Wildman–Crippen MR) is 99.1 cm³/mol. The molecule has 0 saturated carbocycles. The summed E-state index contributed by atoms with van der Waals surface area (Å²) >= 11 is 3.49. The van der Waals surface area contributed by atoms with Crippen LogP contribution in [0.5, 0.6) is 0 Å². The molecule has 0 radical (unpaired) electrons. The molecule has 0 aliphatic rings. The van der Waals surface area contributed by atoms with Crippen LogP contribution in [0, 0.1) is 6.92 Å². The molecule has 1 rings (SSSR count). The highest BCUT2D eigenvalue weighted by Gasteiger charge is 2.17. The SMILES string of the molecule is CCCCC(=O)Nc1c(SC(C)C)cc(C)nc1SC(C)C. The molecule has 0 atom stereocenters. The summed E-state index contributed by atoms with van der Waals surface area (Å²) in [6.45, 7) is 12.7. The molecular formula is C17H28N2OS2. The summed E-state index contributed by atoms with van der Waals surface area (Å²) in [4.78, 5) is 17.9. The lowest BCUT2D eigenvalue weighted by Gasteiger charge is -2.18. The highest BCUT2D eigenvalue weighted by Crippen LogP contribution is 2.38. The maximum absolute atomic E-state index is 12.2. The number of rotatable bonds is 8. The maximum atomic E-state index is 12.2. The minimum Gasteiger partial charge on any atom is -0.323 e. The first kappa shape index (κ1) is 19.4. The summed E-state index contributed by atoms with van der Waals surface area (Å²) in [5.74, 6) is 0.0868. The van der Waals surface area contributed by atoms with E-state index in [0.29, 0.717) is 16.9 Å². The fourth-order valence-corrected chi connectivity index (χ4v) is 3.92. The second kappa shape index (κ2) is 9.46. The number of aryl methyl sites for hydroxylation is 1. The molecule has 0 saturated heterocycles. The first-order valence-corrected chi connectivity index (χ1v) is 9.74. The Morgan fingerprint density at radius 3 is 2.41 bits per heavy atom. The number of aromatic nitrogens is 1. The molecule has 0 unspecified atom stereocenters. The molecule has 0 spiro atoms. The highest BCUT2D eigenvalue weighted by atomic mass is 32.2. The van der Waals surface area contributed by atoms with Crippen molar-refractivity contribution in [2.75, 3.05) is 5.32 Å². The summed E-state index contributed by atoms with van der Waals surface area (Å²) in [7, 11) is 0. The van der Waals surface area contributed by atoms with E-state index in [4.69, 9.17) is 0 Å². The standard InChI is InChI=1S/C17H28N2OS2/c1-7-8-9-15(20)19-16-14(21-11(2)3)10-13(6)18-17(16)22-12(4)5/h10-12H,7-9H2,1-6H3,(H,19,20). The van der Waals surface area contributed by atoms with E-state index >= 15 is 0 Å². The quantitative estimate of drug-likeness (QED) is 0.633. The third kappa shape index (κ3) is 6.61. The van der Waals surface area contributed by atoms with Crippen LogP contribution in [0.25, 0.3) is 0 Å². The van der Waals surface area contributed by atoms with Crippen molar-refractivity contribution in [1.82, 2.24) is 4.98 Å². The minimum atomic E-state index is 0.0868. The van der Waals surface area contributed by atoms with Crippen molar-refractivity contribution in [2.24, 2.45) is 0 Å². The van der Waals surface area contributed by atoms with Crippen molar-refractivity contribution in [2.45, 2.75) is 81.2 Å². The Morgan fingerprint density at radius 1 is 1.23 bits per heavy atom. The minimum absolute atomic E-state index is 0.0868. The van der Waals surface area contributed by atoms with Crippen LogP contribution in [-0.2, 0) is 4.79 Å². The van der Waals surface area contributed by atoms with Gasteiger partial charge in [0.1, 0.15) is 5.03 Å². The van der Waals surface area contributed by atoms with Gasteiger partial charge in [0.25, 0.3) is 0 Å². The Balaban J connectivity index is 3.13. The topological polar surface area (TPSA) is 42.0 Å². The number of anilines is 1. The van der Waals surface area contributed by atoms with Crippen molar-refractivity contribution in [3.8, 4) is 0 Å². The highest BCUT2D eigenvalue weighted by molar-refractivity contribution is 8.00. The molecule has 0 bridgehead atoms. The van der Waals surface area contributed by atoms with Crippen LogP contribution in [0.15, 0.2) is 16.0 Å². The number of amides is 1. The Bertz CT molecular complexity index is 470. The zero-order valence-electron chi connectivity index (χ0n) is 14.5. The molecule has 3 nitrogen and oxygen atoms in total. The van der Waals surface area contributed by atoms with E-state index < -0.39 is 0 Å². The third-order valence-electron chi connectivity index (χ3n) is 2.81. The first-order valence-electron chi connectivity index (χ1n) is 7.98. The molecule has 1 heterocycles. The van der Waals surface area contributed by atoms with Crippen LogP contribution in [0.1, 0.15) is 59.6 Å². The maximum Gasteiger partial charge on any atom is 0.224 e. The number of carbonyl (C=O) groups excluding carboxylic acids is 1. The Kier molecular flexibility index (Phi) is 8.33. The predicted octanol–water partition coefficient (Wildman–Crippen LogP) is 5.52. The number of nitrogens with one attached hydrogen (secondary N) is 1. The van der Waals surface area contributed by atoms with Gasteiger partial charge in [0.05, 0.1) is 5.69 Å². The fourth-order valence-electron chi connectivity index (χ4n) is 1.93. The molecule has 0 aliphatic carbocycles. The van der Waals surface area contributed by atoms with Crippen LogP contribution < -0.4 is 5.32 Å². The molecule has 5 heteroatoms. The second-order valence-electron chi connectivity index (χ2n) is 5.93. The van der Waals surface area contributed by atoms with E-state index in [1.165, 1.54) is 0 Å². The summed E-state index contributed by atoms with van der Waals surface area (Å²) < 4.78 is 0. The van der Waals surface area contributed by atoms with Gasteiger partial charge in [0.2, 0.25) is 5.91 Å². The van der Waals surface area contributed by atoms with Gasteiger partial charge in [-0.3, -0.25) is 4.79 Å². The van der Waals surface area contributed by atoms with Gasteiger partial charge in [0.15, 0.2) is 0 Å². The number of unbranched alkanes of at least 4 members (excludes halogenated alkanes) is 1. The lowest BCUT2D eigenvalue weighted by molar-refractivity contribution is -0.116. The van der Waals surface area contributed by atoms with Crippen molar-refractivity contribution in [3.05, 3.63) is 11.8 Å². The van der Waals surface area contributed by atoms with Gasteiger partial charge in [-0.05, 0) is 19.4 Å². The Labute approximate surface area is 143 Å². The molecule has 1 aromatic rings. The average molecular weight is 341 g/mol. The summed E-state index contributed by atoms with van der Waals surface area (Å²) in [6, 6.07) is 2.07. The van der Waals surface area contributed by atoms with E-state index in [-0.39, 0.29) is 5.91 Å². The average Bonchev–Trinajstić information content (AvgIpc) is 2.38. The smallest absolute Gasteiger partial charge is 0.224 e. The van der Waals surface area contributed by atoms with Gasteiger partial charge in [-0.1, -0.05) is 41.0 Å². The largest absolute Gasteiger partial charge is 0.323 e. The second-order valence-corrected chi connectivity index (χ2v) is 9.11. The summed E-state index contributed by atoms with van der Waals surface area (Å²) in [5.41, 5.74) is 1.89. The van der Waals surface area contributed by atoms with Crippen molar-refractivity contribution < 1.29 is 4.79 Å². The van der Waals surface area contributed by atoms with Crippen molar-refractivity contribution in [3.63, 3.8) is 0 Å². The number of carbonyl (C=O) groups is 1. The lowest BCUT2D eigenvalue weighted by Crippen LogP contribution is -2.14. The number of hydrogen-bond donors (Lipinski definition) is 1. The zero-order chi connectivity index (χ0) is 16.7. The summed E-state index contributed by atoms with van der Waals surface area (Å²) in [5, 5.41) is 4.93. The van der Waals surface area contributed by atoms with E-state index in [2.05, 4.69) is 51.0 Å². The number of pyridine rings is 1. The van der Waals surface area contributed by atoms with Crippen molar-refractivity contribution in [1.29, 1.82) is 0 Å². The molecule has 1 N–H and O–H groups in total. The lowest BCUT2D eigenvalue weighted by atomic mass is 10.2. The molecule has 124 valence electrons. The summed E-state index contributed by atoms with van der Waals surface area (Å²) in [6.07, 6.45) is 2.52. The first-order chi connectivity index (χ1) is 10.3. The van der Waals surface area contributed by atoms with Gasteiger partial charge in [0, 0.05) is 27.5 Å². The Hall–Kier alpha value is -0.680. The van der Waals surface area contributed by atoms with Crippen molar-refractivity contribution >= 4 is 35.1 Å². The van der Waals surface area contributed by atoms with Crippen LogP contribution >= 0.6 is 23.5 Å². The van der Waals surface area contributed by atoms with Crippen LogP contribution in [0.3, 0.4) is 0 Å². The molecule has 1 amide bonds. The molecular weight excluding hydrogens is 312 g/mol. The Morgan fingerprint density at radius 2 is 1.86 bits per heavy atom. The monoisotopic (exact) mass is 340 g/mol. The molecule has 0 aliphatic heterocycles. The van der Waals surface area contributed by atoms with Crippen LogP contribution in [-0.4, -0.2) is 21.4 Å². The van der Waals surface area contributed by atoms with Gasteiger partial charge < -0.3 is 5.32 Å². The van der Waals surface area contributed by atoms with Crippen LogP contribution in [0.2, 0.25) is 0 Å². The molecule has 1 aromatic heterocycles. The molecule has 0 aromatic carbocycles. The zero-order valence-corrected chi connectivity index (χ0v) is 16.2. The van der Waals surface area contributed by atoms with Gasteiger partial charge in [-0.25, -0.2) is 4.98 Å². The molecule has 22 heavy (non-hydrogen) atoms. The van der Waals surface area contributed by atoms with Gasteiger partial charge in [-0.2, -0.15) is 0 Å². The van der Waals surface area contributed by atoms with Gasteiger partial charge >= 0.3 is 0 Å². The third-order valence-corrected chi connectivity index (χ3v) is 4.85.